The van der Waals surface area contributed by atoms with E-state index in [1.807, 2.05) is 39.8 Å². The maximum atomic E-state index is 13.1. The predicted molar refractivity (Wildman–Crippen MR) is 154 cm³/mol. The van der Waals surface area contributed by atoms with Crippen LogP contribution in [-0.2, 0) is 9.53 Å². The number of hydrogen-bond acceptors (Lipinski definition) is 9. The maximum Gasteiger partial charge on any atom is 0.334 e. The molecule has 0 amide bonds. The zero-order valence-corrected chi connectivity index (χ0v) is 24.2. The fraction of sp³-hybridized carbons (Fsp3) is 0.533. The lowest BCUT2D eigenvalue weighted by Gasteiger charge is -2.31. The van der Waals surface area contributed by atoms with Crippen LogP contribution >= 0.6 is 11.3 Å². The summed E-state index contributed by atoms with van der Waals surface area (Å²) in [4.78, 5) is 17.6. The fourth-order valence-electron chi connectivity index (χ4n) is 4.41. The van der Waals surface area contributed by atoms with E-state index in [-0.39, 0.29) is 30.9 Å². The maximum absolute atomic E-state index is 13.1. The molecule has 0 spiro atoms. The van der Waals surface area contributed by atoms with E-state index in [2.05, 4.69) is 4.98 Å². The Morgan fingerprint density at radius 3 is 2.59 bits per heavy atom. The van der Waals surface area contributed by atoms with Crippen molar-refractivity contribution in [3.8, 4) is 0 Å². The summed E-state index contributed by atoms with van der Waals surface area (Å²) < 4.78 is 5.79. The zero-order chi connectivity index (χ0) is 29.1. The van der Waals surface area contributed by atoms with Crippen LogP contribution in [0.25, 0.3) is 6.08 Å². The molecule has 0 radical (unpaired) electrons. The third-order valence-electron chi connectivity index (χ3n) is 6.75. The van der Waals surface area contributed by atoms with Crippen LogP contribution in [0.15, 0.2) is 58.6 Å². The summed E-state index contributed by atoms with van der Waals surface area (Å²) >= 11 is 1.24. The number of cyclic esters (lactones) is 1. The van der Waals surface area contributed by atoms with Gasteiger partial charge in [0.05, 0.1) is 36.5 Å². The van der Waals surface area contributed by atoms with Crippen molar-refractivity contribution in [1.82, 2.24) is 4.98 Å². The molecule has 216 valence electrons. The largest absolute Gasteiger partial charge is 0.456 e. The Bertz CT molecular complexity index is 1090. The van der Waals surface area contributed by atoms with Gasteiger partial charge in [0.1, 0.15) is 17.2 Å². The number of thiazole rings is 1. The number of fused-ring (bicyclic) bond motifs is 2. The molecule has 8 nitrogen and oxygen atoms in total. The first-order valence-electron chi connectivity index (χ1n) is 13.3. The smallest absolute Gasteiger partial charge is 0.334 e. The minimum Gasteiger partial charge on any atom is -0.456 e. The predicted octanol–water partition coefficient (Wildman–Crippen LogP) is 3.82. The average Bonchev–Trinajstić information content (AvgIpc) is 3.33. The van der Waals surface area contributed by atoms with Crippen LogP contribution in [0.4, 0.5) is 0 Å². The third kappa shape index (κ3) is 10.3. The Kier molecular flexibility index (Phi) is 13.5. The minimum atomic E-state index is -1.33. The number of nitrogens with zero attached hydrogens (tertiary/aromatic N) is 1. The van der Waals surface area contributed by atoms with Crippen molar-refractivity contribution in [2.24, 2.45) is 5.92 Å². The summed E-state index contributed by atoms with van der Waals surface area (Å²) in [5.74, 6) is -1.63. The number of aromatic nitrogens is 1. The number of esters is 1. The third-order valence-corrected chi connectivity index (χ3v) is 7.75. The second-order valence-corrected chi connectivity index (χ2v) is 11.2. The average molecular weight is 562 g/mol. The molecule has 1 aromatic rings. The van der Waals surface area contributed by atoms with Gasteiger partial charge in [-0.05, 0) is 52.5 Å². The highest BCUT2D eigenvalue weighted by Crippen LogP contribution is 2.28. The number of aliphatic hydroxyl groups excluding tert-OH is 5. The Balaban J connectivity index is 2.42. The van der Waals surface area contributed by atoms with E-state index in [1.54, 1.807) is 36.6 Å². The molecule has 2 rings (SSSR count). The van der Waals surface area contributed by atoms with E-state index in [9.17, 15) is 30.3 Å². The van der Waals surface area contributed by atoms with Crippen LogP contribution in [-0.4, -0.2) is 73.6 Å². The van der Waals surface area contributed by atoms with Gasteiger partial charge in [-0.15, -0.1) is 11.3 Å². The minimum absolute atomic E-state index is 0.00594. The van der Waals surface area contributed by atoms with Gasteiger partial charge in [-0.25, -0.2) is 9.78 Å². The molecule has 1 aliphatic heterocycles. The Labute approximate surface area is 235 Å². The molecule has 9 heteroatoms. The molecular formula is C30H43NO7S. The van der Waals surface area contributed by atoms with Crippen LogP contribution in [0.3, 0.4) is 0 Å². The monoisotopic (exact) mass is 561 g/mol. The Hall–Kier alpha value is -2.40. The first-order valence-corrected chi connectivity index (χ1v) is 14.2. The second kappa shape index (κ2) is 16.0. The molecule has 1 aromatic heterocycles. The SMILES string of the molecule is CC=C(C)C=C(C)C[C@H](C)[C@H]1OC(=O)C(C)=Cc2csc(n2)[C@H](CO)[C@@H](O)C[C@H](O)C=CC=CC[C@H](O)[C@H]1O. The van der Waals surface area contributed by atoms with Gasteiger partial charge in [-0.3, -0.25) is 0 Å². The van der Waals surface area contributed by atoms with Crippen molar-refractivity contribution in [2.45, 2.75) is 90.3 Å². The Morgan fingerprint density at radius 2 is 1.92 bits per heavy atom. The summed E-state index contributed by atoms with van der Waals surface area (Å²) in [7, 11) is 0. The van der Waals surface area contributed by atoms with E-state index >= 15 is 0 Å². The summed E-state index contributed by atoms with van der Waals surface area (Å²) in [6, 6.07) is 0. The standard InChI is InChI=1S/C30H43NO7S/c1-6-18(2)12-19(3)13-20(4)28-27(36)25(34)11-9-7-8-10-23(33)15-26(35)24(16-32)29-31-22(17-39-29)14-21(5)30(37)38-28/h6-10,12,14,17,20,23-28,32-36H,11,13,15-16H2,1-5H3/t20-,23+,24+,25-,26-,27+,28+/m0/s1. The molecule has 2 bridgehead atoms. The Morgan fingerprint density at radius 1 is 1.21 bits per heavy atom. The number of aliphatic hydroxyl groups is 5. The van der Waals surface area contributed by atoms with Gasteiger partial charge < -0.3 is 30.3 Å². The lowest BCUT2D eigenvalue weighted by Crippen LogP contribution is -2.44. The van der Waals surface area contributed by atoms with Crippen LogP contribution in [0.2, 0.25) is 0 Å². The first-order chi connectivity index (χ1) is 18.5. The van der Waals surface area contributed by atoms with E-state index in [4.69, 9.17) is 4.74 Å². The number of carbonyl (C=O) groups excluding carboxylic acids is 1. The topological polar surface area (TPSA) is 140 Å². The molecule has 39 heavy (non-hydrogen) atoms. The lowest BCUT2D eigenvalue weighted by molar-refractivity contribution is -0.160. The van der Waals surface area contributed by atoms with Gasteiger partial charge in [-0.1, -0.05) is 54.5 Å². The number of ether oxygens (including phenoxy) is 1. The van der Waals surface area contributed by atoms with E-state index in [0.29, 0.717) is 17.1 Å². The van der Waals surface area contributed by atoms with Crippen molar-refractivity contribution in [3.63, 3.8) is 0 Å². The molecule has 0 aromatic carbocycles. The quantitative estimate of drug-likeness (QED) is 0.270. The van der Waals surface area contributed by atoms with Crippen molar-refractivity contribution >= 4 is 23.4 Å². The van der Waals surface area contributed by atoms with E-state index in [0.717, 1.165) is 11.1 Å². The number of hydrogen-bond donors (Lipinski definition) is 5. The highest BCUT2D eigenvalue weighted by molar-refractivity contribution is 7.09. The van der Waals surface area contributed by atoms with Gasteiger partial charge in [-0.2, -0.15) is 0 Å². The first kappa shape index (κ1) is 32.8. The summed E-state index contributed by atoms with van der Waals surface area (Å²) in [5.41, 5.74) is 2.86. The molecular weight excluding hydrogens is 518 g/mol. The summed E-state index contributed by atoms with van der Waals surface area (Å²) in [6.07, 6.45) is 7.07. The van der Waals surface area contributed by atoms with Gasteiger partial charge in [0.15, 0.2) is 0 Å². The normalized spacial score (nSPS) is 29.2. The molecule has 0 saturated heterocycles. The number of rotatable bonds is 5. The van der Waals surface area contributed by atoms with Gasteiger partial charge >= 0.3 is 5.97 Å². The second-order valence-electron chi connectivity index (χ2n) is 10.3. The molecule has 0 fully saturated rings. The van der Waals surface area contributed by atoms with Crippen LogP contribution in [0.1, 0.15) is 70.5 Å². The summed E-state index contributed by atoms with van der Waals surface area (Å²) in [6.45, 7) is 9.02. The lowest BCUT2D eigenvalue weighted by atomic mass is 9.89. The van der Waals surface area contributed by atoms with E-state index < -0.39 is 42.4 Å². The van der Waals surface area contributed by atoms with Gasteiger partial charge in [0.25, 0.3) is 0 Å². The van der Waals surface area contributed by atoms with Crippen molar-refractivity contribution in [1.29, 1.82) is 0 Å². The molecule has 5 N–H and O–H groups in total. The fourth-order valence-corrected chi connectivity index (χ4v) is 5.34. The molecule has 7 atom stereocenters. The van der Waals surface area contributed by atoms with Gasteiger partial charge in [0, 0.05) is 17.4 Å². The van der Waals surface area contributed by atoms with Crippen LogP contribution < -0.4 is 0 Å². The van der Waals surface area contributed by atoms with Crippen LogP contribution in [0, 0.1) is 5.92 Å². The molecule has 2 heterocycles. The zero-order valence-electron chi connectivity index (χ0n) is 23.4. The number of allylic oxidation sites excluding steroid dienone is 6. The van der Waals surface area contributed by atoms with E-state index in [1.165, 1.54) is 17.4 Å². The molecule has 0 aliphatic carbocycles. The highest BCUT2D eigenvalue weighted by Gasteiger charge is 2.34. The summed E-state index contributed by atoms with van der Waals surface area (Å²) in [5, 5.41) is 54.8. The number of carbonyl (C=O) groups is 1. The van der Waals surface area contributed by atoms with Crippen molar-refractivity contribution < 1.29 is 35.1 Å². The van der Waals surface area contributed by atoms with Gasteiger partial charge in [0.2, 0.25) is 0 Å². The van der Waals surface area contributed by atoms with Crippen LogP contribution in [0.5, 0.6) is 0 Å². The molecule has 0 saturated carbocycles. The molecule has 1 aliphatic rings. The molecule has 0 unspecified atom stereocenters. The highest BCUT2D eigenvalue weighted by atomic mass is 32.1. The van der Waals surface area contributed by atoms with Crippen molar-refractivity contribution in [3.05, 3.63) is 69.3 Å². The van der Waals surface area contributed by atoms with Crippen molar-refractivity contribution in [2.75, 3.05) is 6.61 Å².